The number of urea groups is 1. The second-order valence-electron chi connectivity index (χ2n) is 4.05. The molecule has 4 heteroatoms. The lowest BCUT2D eigenvalue weighted by atomic mass is 10.2. The molecule has 4 nitrogen and oxygen atoms in total. The molecule has 0 heterocycles. The van der Waals surface area contributed by atoms with E-state index < -0.39 is 6.03 Å². The van der Waals surface area contributed by atoms with Crippen LogP contribution in [-0.4, -0.2) is 27.2 Å². The molecule has 0 atom stereocenters. The van der Waals surface area contributed by atoms with E-state index in [0.717, 1.165) is 10.2 Å². The van der Waals surface area contributed by atoms with Crippen LogP contribution in [0.3, 0.4) is 0 Å². The molecule has 14 heavy (non-hydrogen) atoms. The van der Waals surface area contributed by atoms with Crippen molar-refractivity contribution in [2.45, 2.75) is 0 Å². The van der Waals surface area contributed by atoms with Crippen molar-refractivity contribution >= 4 is 17.4 Å². The third kappa shape index (κ3) is 2.74. The van der Waals surface area contributed by atoms with Crippen molar-refractivity contribution < 1.29 is 4.79 Å². The molecular weight excluding hydrogens is 178 g/mol. The van der Waals surface area contributed by atoms with Gasteiger partial charge >= 0.3 is 6.03 Å². The Morgan fingerprint density at radius 1 is 1.21 bits per heavy atom. The topological polar surface area (TPSA) is 55.1 Å². The van der Waals surface area contributed by atoms with Crippen LogP contribution in [0.15, 0.2) is 24.3 Å². The van der Waals surface area contributed by atoms with E-state index >= 15 is 0 Å². The van der Waals surface area contributed by atoms with Gasteiger partial charge in [0.05, 0.1) is 21.1 Å². The van der Waals surface area contributed by atoms with E-state index in [0.29, 0.717) is 0 Å². The Kier molecular flexibility index (Phi) is 2.76. The quantitative estimate of drug-likeness (QED) is 0.686. The number of hydrogen-bond donors (Lipinski definition) is 2. The third-order valence-electron chi connectivity index (χ3n) is 1.91. The van der Waals surface area contributed by atoms with Crippen LogP contribution in [0, 0.1) is 0 Å². The predicted octanol–water partition coefficient (Wildman–Crippen LogP) is 1.37. The molecule has 76 valence electrons. The van der Waals surface area contributed by atoms with Gasteiger partial charge in [-0.25, -0.2) is 4.79 Å². The molecule has 0 fully saturated rings. The molecule has 0 spiro atoms. The van der Waals surface area contributed by atoms with E-state index in [-0.39, 0.29) is 0 Å². The fraction of sp³-hybridized carbons (Fsp3) is 0.300. The summed E-state index contributed by atoms with van der Waals surface area (Å²) in [4.78, 5) is 10.6. The minimum absolute atomic E-state index is 0.539. The largest absolute Gasteiger partial charge is 0.351 e. The van der Waals surface area contributed by atoms with Gasteiger partial charge in [0.15, 0.2) is 0 Å². The molecule has 0 aliphatic carbocycles. The summed E-state index contributed by atoms with van der Waals surface area (Å²) in [5.74, 6) is 0. The molecule has 2 amide bonds. The predicted molar refractivity (Wildman–Crippen MR) is 59.2 cm³/mol. The summed E-state index contributed by atoms with van der Waals surface area (Å²) in [6, 6.07) is 7.06. The monoisotopic (exact) mass is 194 g/mol. The van der Waals surface area contributed by atoms with Gasteiger partial charge in [0, 0.05) is 17.8 Å². The van der Waals surface area contributed by atoms with E-state index in [9.17, 15) is 4.79 Å². The van der Waals surface area contributed by atoms with Crippen molar-refractivity contribution in [2.75, 3.05) is 26.5 Å². The number of primary amides is 1. The van der Waals surface area contributed by atoms with Gasteiger partial charge in [-0.2, -0.15) is 0 Å². The number of carbonyl (C=O) groups is 1. The lowest BCUT2D eigenvalue weighted by Gasteiger charge is -2.23. The highest BCUT2D eigenvalue weighted by molar-refractivity contribution is 5.87. The Bertz CT molecular complexity index is 324. The SMILES string of the molecule is C[N+](C)(C)c1ccc(NC(N)=O)cc1. The van der Waals surface area contributed by atoms with E-state index in [1.165, 1.54) is 5.69 Å². The standard InChI is InChI=1S/C10H15N3O/c1-13(2,3)9-6-4-8(5-7-9)12-10(11)14/h4-7H,1-3H3,(H2-,11,12,14)/p+1. The zero-order valence-corrected chi connectivity index (χ0v) is 8.74. The van der Waals surface area contributed by atoms with Crippen LogP contribution in [0.25, 0.3) is 0 Å². The van der Waals surface area contributed by atoms with Crippen molar-refractivity contribution in [1.82, 2.24) is 4.48 Å². The van der Waals surface area contributed by atoms with Crippen molar-refractivity contribution in [3.63, 3.8) is 0 Å². The number of nitrogens with one attached hydrogen (secondary N) is 1. The van der Waals surface area contributed by atoms with Gasteiger partial charge in [-0.1, -0.05) is 0 Å². The fourth-order valence-electron chi connectivity index (χ4n) is 1.13. The van der Waals surface area contributed by atoms with E-state index in [1.807, 2.05) is 24.3 Å². The minimum atomic E-state index is -0.539. The molecule has 0 aromatic heterocycles. The van der Waals surface area contributed by atoms with Gasteiger partial charge in [-0.15, -0.1) is 0 Å². The summed E-state index contributed by atoms with van der Waals surface area (Å²) in [5, 5.41) is 2.52. The second-order valence-corrected chi connectivity index (χ2v) is 4.05. The molecule has 0 aliphatic heterocycles. The Labute approximate surface area is 83.9 Å². The Balaban J connectivity index is 2.84. The molecule has 0 radical (unpaired) electrons. The summed E-state index contributed by atoms with van der Waals surface area (Å²) < 4.78 is 0.747. The third-order valence-corrected chi connectivity index (χ3v) is 1.91. The van der Waals surface area contributed by atoms with Crippen LogP contribution in [0.2, 0.25) is 0 Å². The Morgan fingerprint density at radius 3 is 2.07 bits per heavy atom. The van der Waals surface area contributed by atoms with Crippen LogP contribution >= 0.6 is 0 Å². The number of carbonyl (C=O) groups excluding carboxylic acids is 1. The van der Waals surface area contributed by atoms with Crippen molar-refractivity contribution in [3.8, 4) is 0 Å². The molecule has 0 aliphatic rings. The van der Waals surface area contributed by atoms with Crippen LogP contribution in [0.4, 0.5) is 16.2 Å². The molecule has 0 unspecified atom stereocenters. The van der Waals surface area contributed by atoms with E-state index in [1.54, 1.807) is 0 Å². The maximum absolute atomic E-state index is 10.6. The highest BCUT2D eigenvalue weighted by Gasteiger charge is 2.10. The van der Waals surface area contributed by atoms with Crippen LogP contribution in [0.1, 0.15) is 0 Å². The van der Waals surface area contributed by atoms with Crippen molar-refractivity contribution in [1.29, 1.82) is 0 Å². The molecule has 3 N–H and O–H groups in total. The van der Waals surface area contributed by atoms with Crippen LogP contribution in [-0.2, 0) is 0 Å². The zero-order valence-electron chi connectivity index (χ0n) is 8.74. The molecule has 0 saturated heterocycles. The summed E-state index contributed by atoms with van der Waals surface area (Å²) in [6.45, 7) is 0. The first-order valence-electron chi connectivity index (χ1n) is 4.38. The molecule has 1 aromatic carbocycles. The first-order chi connectivity index (χ1) is 6.39. The number of benzene rings is 1. The van der Waals surface area contributed by atoms with E-state index in [4.69, 9.17) is 5.73 Å². The van der Waals surface area contributed by atoms with Crippen LogP contribution in [0.5, 0.6) is 0 Å². The summed E-state index contributed by atoms with van der Waals surface area (Å²) in [7, 11) is 6.24. The number of nitrogens with two attached hydrogens (primary N) is 1. The maximum Gasteiger partial charge on any atom is 0.316 e. The number of hydrogen-bond acceptors (Lipinski definition) is 1. The van der Waals surface area contributed by atoms with Crippen molar-refractivity contribution in [3.05, 3.63) is 24.3 Å². The number of quaternary nitrogens is 1. The minimum Gasteiger partial charge on any atom is -0.351 e. The lowest BCUT2D eigenvalue weighted by molar-refractivity contribution is 0.259. The summed E-state index contributed by atoms with van der Waals surface area (Å²) in [5.41, 5.74) is 6.88. The van der Waals surface area contributed by atoms with Crippen molar-refractivity contribution in [2.24, 2.45) is 5.73 Å². The fourth-order valence-corrected chi connectivity index (χ4v) is 1.13. The van der Waals surface area contributed by atoms with Gasteiger partial charge in [0.2, 0.25) is 0 Å². The van der Waals surface area contributed by atoms with Gasteiger partial charge in [-0.3, -0.25) is 4.48 Å². The lowest BCUT2D eigenvalue weighted by Crippen LogP contribution is -2.34. The molecule has 1 rings (SSSR count). The zero-order chi connectivity index (χ0) is 10.8. The van der Waals surface area contributed by atoms with Gasteiger partial charge in [-0.05, 0) is 12.1 Å². The normalized spacial score (nSPS) is 11.1. The number of nitrogens with zero attached hydrogens (tertiary/aromatic N) is 1. The molecule has 0 saturated carbocycles. The molecule has 1 aromatic rings. The number of anilines is 1. The van der Waals surface area contributed by atoms with Gasteiger partial charge in [0.1, 0.15) is 5.69 Å². The number of rotatable bonds is 2. The number of amides is 2. The Morgan fingerprint density at radius 2 is 1.71 bits per heavy atom. The first-order valence-corrected chi connectivity index (χ1v) is 4.38. The van der Waals surface area contributed by atoms with E-state index in [2.05, 4.69) is 26.5 Å². The maximum atomic E-state index is 10.6. The molecular formula is C10H16N3O+. The summed E-state index contributed by atoms with van der Waals surface area (Å²) >= 11 is 0. The highest BCUT2D eigenvalue weighted by atomic mass is 16.2. The smallest absolute Gasteiger partial charge is 0.316 e. The van der Waals surface area contributed by atoms with Crippen LogP contribution < -0.4 is 15.5 Å². The summed E-state index contributed by atoms with van der Waals surface area (Å²) in [6.07, 6.45) is 0. The first kappa shape index (κ1) is 10.5. The van der Waals surface area contributed by atoms with Gasteiger partial charge < -0.3 is 11.1 Å². The Hall–Kier alpha value is -1.55. The highest BCUT2D eigenvalue weighted by Crippen LogP contribution is 2.19. The molecule has 0 bridgehead atoms. The average Bonchev–Trinajstić information content (AvgIpc) is 2.02. The average molecular weight is 194 g/mol. The second kappa shape index (κ2) is 3.67. The van der Waals surface area contributed by atoms with Gasteiger partial charge in [0.25, 0.3) is 0 Å².